The van der Waals surface area contributed by atoms with Crippen LogP contribution in [0.2, 0.25) is 0 Å². The van der Waals surface area contributed by atoms with Gasteiger partial charge in [-0.3, -0.25) is 14.7 Å². The van der Waals surface area contributed by atoms with Crippen LogP contribution in [0.15, 0.2) is 53.6 Å². The zero-order valence-corrected chi connectivity index (χ0v) is 20.6. The van der Waals surface area contributed by atoms with Crippen molar-refractivity contribution in [1.29, 1.82) is 0 Å². The molecule has 3 aromatic rings. The van der Waals surface area contributed by atoms with Gasteiger partial charge in [0.05, 0.1) is 36.8 Å². The van der Waals surface area contributed by atoms with E-state index in [9.17, 15) is 9.59 Å². The lowest BCUT2D eigenvalue weighted by Crippen LogP contribution is -2.33. The molecular weight excluding hydrogens is 464 g/mol. The maximum atomic E-state index is 12.6. The Morgan fingerprint density at radius 2 is 2.14 bits per heavy atom. The van der Waals surface area contributed by atoms with Gasteiger partial charge in [0.25, 0.3) is 0 Å². The average molecular weight is 493 g/mol. The summed E-state index contributed by atoms with van der Waals surface area (Å²) in [5, 5.41) is 4.00. The molecule has 8 nitrogen and oxygen atoms in total. The molecule has 0 radical (unpaired) electrons. The van der Waals surface area contributed by atoms with E-state index >= 15 is 0 Å². The number of ether oxygens (including phenoxy) is 2. The Balaban J connectivity index is 1.15. The van der Waals surface area contributed by atoms with Crippen LogP contribution >= 0.6 is 11.8 Å². The van der Waals surface area contributed by atoms with Crippen LogP contribution in [0, 0.1) is 0 Å². The number of carbonyl (C=O) groups excluding carboxylic acids is 2. The summed E-state index contributed by atoms with van der Waals surface area (Å²) in [5.74, 6) is 1.15. The van der Waals surface area contributed by atoms with E-state index in [1.165, 1.54) is 17.3 Å². The molecule has 2 aromatic carbocycles. The molecule has 1 unspecified atom stereocenters. The predicted molar refractivity (Wildman–Crippen MR) is 138 cm³/mol. The minimum atomic E-state index is -0.352. The Kier molecular flexibility index (Phi) is 6.79. The summed E-state index contributed by atoms with van der Waals surface area (Å²) >= 11 is 1.50. The van der Waals surface area contributed by atoms with Gasteiger partial charge >= 0.3 is 6.09 Å². The highest BCUT2D eigenvalue weighted by molar-refractivity contribution is 8.00. The first-order valence-electron chi connectivity index (χ1n) is 11.6. The van der Waals surface area contributed by atoms with E-state index in [1.807, 2.05) is 36.4 Å². The third-order valence-corrected chi connectivity index (χ3v) is 7.38. The maximum Gasteiger partial charge on any atom is 0.414 e. The molecule has 1 N–H and O–H groups in total. The highest BCUT2D eigenvalue weighted by atomic mass is 32.2. The molecular formula is C26H28N4O4S. The number of carbonyl (C=O) groups is 2. The molecule has 3 heterocycles. The third-order valence-electron chi connectivity index (χ3n) is 6.31. The Morgan fingerprint density at radius 3 is 3.00 bits per heavy atom. The van der Waals surface area contributed by atoms with Crippen molar-refractivity contribution in [2.45, 2.75) is 23.8 Å². The smallest absolute Gasteiger partial charge is 0.414 e. The van der Waals surface area contributed by atoms with Gasteiger partial charge < -0.3 is 19.7 Å². The number of fused-ring (bicyclic) bond motifs is 2. The highest BCUT2D eigenvalue weighted by Gasteiger charge is 2.33. The first kappa shape index (κ1) is 23.4. The van der Waals surface area contributed by atoms with Gasteiger partial charge in [-0.05, 0) is 62.3 Å². The average Bonchev–Trinajstić information content (AvgIpc) is 3.22. The fourth-order valence-electron chi connectivity index (χ4n) is 4.57. The molecule has 0 saturated carbocycles. The van der Waals surface area contributed by atoms with Gasteiger partial charge in [0.2, 0.25) is 5.91 Å². The number of pyridine rings is 1. The Bertz CT molecular complexity index is 1270. The van der Waals surface area contributed by atoms with Crippen molar-refractivity contribution in [3.63, 3.8) is 0 Å². The van der Waals surface area contributed by atoms with Crippen LogP contribution in [0.4, 0.5) is 16.2 Å². The summed E-state index contributed by atoms with van der Waals surface area (Å²) in [6, 6.07) is 13.9. The van der Waals surface area contributed by atoms with Gasteiger partial charge in [-0.1, -0.05) is 12.1 Å². The number of hydrogen-bond donors (Lipinski definition) is 1. The summed E-state index contributed by atoms with van der Waals surface area (Å²) in [4.78, 5) is 33.6. The molecule has 1 saturated heterocycles. The van der Waals surface area contributed by atoms with Crippen molar-refractivity contribution in [3.05, 3.63) is 54.2 Å². The Morgan fingerprint density at radius 1 is 1.26 bits per heavy atom. The van der Waals surface area contributed by atoms with E-state index in [0.29, 0.717) is 18.8 Å². The Labute approximate surface area is 208 Å². The van der Waals surface area contributed by atoms with Crippen molar-refractivity contribution < 1.29 is 19.1 Å². The molecule has 1 aromatic heterocycles. The lowest BCUT2D eigenvalue weighted by atomic mass is 10.0. The second-order valence-corrected chi connectivity index (χ2v) is 9.88. The fraction of sp³-hybridized carbons (Fsp3) is 0.346. The number of nitrogens with zero attached hydrogens (tertiary/aromatic N) is 3. The van der Waals surface area contributed by atoms with Gasteiger partial charge in [0, 0.05) is 22.5 Å². The van der Waals surface area contributed by atoms with E-state index < -0.39 is 0 Å². The van der Waals surface area contributed by atoms with Crippen LogP contribution in [0.1, 0.15) is 12.0 Å². The van der Waals surface area contributed by atoms with Crippen molar-refractivity contribution in [3.8, 4) is 5.75 Å². The van der Waals surface area contributed by atoms with E-state index in [1.54, 1.807) is 18.2 Å². The van der Waals surface area contributed by atoms with Gasteiger partial charge in [0.1, 0.15) is 11.9 Å². The monoisotopic (exact) mass is 492 g/mol. The third kappa shape index (κ3) is 5.21. The molecule has 0 aliphatic carbocycles. The largest absolute Gasteiger partial charge is 0.495 e. The topological polar surface area (TPSA) is 84.0 Å². The summed E-state index contributed by atoms with van der Waals surface area (Å²) in [6.45, 7) is 2.02. The quantitative estimate of drug-likeness (QED) is 0.505. The minimum absolute atomic E-state index is 0.0259. The summed E-state index contributed by atoms with van der Waals surface area (Å²) < 4.78 is 11.0. The number of nitrogens with one attached hydrogen (secondary N) is 1. The number of thioether (sulfide) groups is 1. The molecule has 1 atom stereocenters. The zero-order chi connectivity index (χ0) is 24.4. The molecule has 0 spiro atoms. The maximum absolute atomic E-state index is 12.6. The van der Waals surface area contributed by atoms with Crippen LogP contribution in [0.5, 0.6) is 5.75 Å². The number of aromatic nitrogens is 1. The number of aryl methyl sites for hydroxylation is 1. The number of hydrogen-bond acceptors (Lipinski definition) is 7. The number of methoxy groups -OCH3 is 1. The van der Waals surface area contributed by atoms with Crippen LogP contribution in [-0.2, 0) is 16.0 Å². The van der Waals surface area contributed by atoms with Crippen molar-refractivity contribution >= 4 is 46.0 Å². The predicted octanol–water partition coefficient (Wildman–Crippen LogP) is 4.18. The zero-order valence-electron chi connectivity index (χ0n) is 19.8. The summed E-state index contributed by atoms with van der Waals surface area (Å²) in [5.41, 5.74) is 3.70. The van der Waals surface area contributed by atoms with Gasteiger partial charge in [-0.25, -0.2) is 4.79 Å². The lowest BCUT2D eigenvalue weighted by molar-refractivity contribution is -0.113. The summed E-state index contributed by atoms with van der Waals surface area (Å²) in [7, 11) is 3.70. The van der Waals surface area contributed by atoms with Crippen molar-refractivity contribution in [2.75, 3.05) is 49.8 Å². The van der Waals surface area contributed by atoms with Crippen LogP contribution in [-0.4, -0.2) is 67.5 Å². The SMILES string of the molecule is COc1cnc2cccc(CCCN(C)CC3CN(c4ccc5c(c4)NC(=O)CS5)C(=O)O3)c2c1. The number of amides is 2. The normalized spacial score (nSPS) is 17.5. The second kappa shape index (κ2) is 10.1. The fourth-order valence-corrected chi connectivity index (χ4v) is 5.35. The van der Waals surface area contributed by atoms with Gasteiger partial charge in [0.15, 0.2) is 0 Å². The number of likely N-dealkylation sites (N-methyl/N-ethyl adjacent to an activating group) is 1. The van der Waals surface area contributed by atoms with Gasteiger partial charge in [-0.2, -0.15) is 0 Å². The Hall–Kier alpha value is -3.30. The minimum Gasteiger partial charge on any atom is -0.495 e. The number of benzene rings is 2. The van der Waals surface area contributed by atoms with E-state index in [4.69, 9.17) is 9.47 Å². The van der Waals surface area contributed by atoms with E-state index in [-0.39, 0.29) is 18.1 Å². The molecule has 2 aliphatic heterocycles. The van der Waals surface area contributed by atoms with E-state index in [0.717, 1.165) is 52.3 Å². The molecule has 2 amide bonds. The van der Waals surface area contributed by atoms with Crippen molar-refractivity contribution in [1.82, 2.24) is 9.88 Å². The molecule has 5 rings (SSSR count). The molecule has 2 aliphatic rings. The molecule has 1 fully saturated rings. The second-order valence-electron chi connectivity index (χ2n) is 8.86. The van der Waals surface area contributed by atoms with Crippen LogP contribution < -0.4 is 15.0 Å². The first-order chi connectivity index (χ1) is 17.0. The van der Waals surface area contributed by atoms with Crippen LogP contribution in [0.25, 0.3) is 10.9 Å². The number of rotatable bonds is 8. The van der Waals surface area contributed by atoms with Crippen LogP contribution in [0.3, 0.4) is 0 Å². The molecule has 0 bridgehead atoms. The van der Waals surface area contributed by atoms with Crippen molar-refractivity contribution in [2.24, 2.45) is 0 Å². The van der Waals surface area contributed by atoms with Gasteiger partial charge in [-0.15, -0.1) is 11.8 Å². The molecule has 35 heavy (non-hydrogen) atoms. The number of anilines is 2. The summed E-state index contributed by atoms with van der Waals surface area (Å²) in [6.07, 6.45) is 3.07. The molecule has 9 heteroatoms. The first-order valence-corrected chi connectivity index (χ1v) is 12.6. The number of cyclic esters (lactones) is 1. The standard InChI is InChI=1S/C26H28N4O4S/c1-29(10-4-6-17-5-3-7-22-21(17)12-19(33-2)13-27-22)14-20-15-30(26(32)34-20)18-8-9-24-23(11-18)28-25(31)16-35-24/h3,5,7-9,11-13,20H,4,6,10,14-16H2,1-2H3,(H,28,31). The highest BCUT2D eigenvalue weighted by Crippen LogP contribution is 2.35. The lowest BCUT2D eigenvalue weighted by Gasteiger charge is -2.21. The van der Waals surface area contributed by atoms with E-state index in [2.05, 4.69) is 28.3 Å². The molecule has 182 valence electrons.